The number of hydrogen-bond donors (Lipinski definition) is 2. The Kier molecular flexibility index (Phi) is 6.67. The Morgan fingerprint density at radius 1 is 1.03 bits per heavy atom. The van der Waals surface area contributed by atoms with Gasteiger partial charge in [0.25, 0.3) is 11.8 Å². The molecule has 8 heteroatoms. The lowest BCUT2D eigenvalue weighted by molar-refractivity contribution is 0.0879. The Hall–Kier alpha value is -3.13. The molecule has 1 aromatic heterocycles. The summed E-state index contributed by atoms with van der Waals surface area (Å²) >= 11 is 6.01. The van der Waals surface area contributed by atoms with Crippen LogP contribution in [-0.2, 0) is 6.42 Å². The monoisotopic (exact) mass is 475 g/mol. The van der Waals surface area contributed by atoms with Gasteiger partial charge in [-0.3, -0.25) is 14.9 Å². The lowest BCUT2D eigenvalue weighted by Gasteiger charge is -2.33. The summed E-state index contributed by atoms with van der Waals surface area (Å²) in [5.74, 6) is 0.227. The van der Waals surface area contributed by atoms with Gasteiger partial charge in [0.1, 0.15) is 5.82 Å². The first kappa shape index (κ1) is 22.7. The van der Waals surface area contributed by atoms with Gasteiger partial charge in [0.15, 0.2) is 0 Å². The van der Waals surface area contributed by atoms with Gasteiger partial charge in [-0.15, -0.1) is 0 Å². The molecule has 0 radical (unpaired) electrons. The number of rotatable bonds is 7. The summed E-state index contributed by atoms with van der Waals surface area (Å²) < 4.78 is 0. The summed E-state index contributed by atoms with van der Waals surface area (Å²) in [4.78, 5) is 35.8. The van der Waals surface area contributed by atoms with E-state index in [2.05, 4.69) is 20.5 Å². The van der Waals surface area contributed by atoms with Gasteiger partial charge in [-0.25, -0.2) is 9.97 Å². The zero-order valence-electron chi connectivity index (χ0n) is 18.8. The van der Waals surface area contributed by atoms with Gasteiger partial charge >= 0.3 is 0 Å². The number of carbonyl (C=O) groups is 2. The highest BCUT2D eigenvalue weighted by Crippen LogP contribution is 2.23. The highest BCUT2D eigenvalue weighted by Gasteiger charge is 2.29. The number of aryl methyl sites for hydroxylation is 1. The zero-order chi connectivity index (χ0) is 23.5. The fourth-order valence-electron chi connectivity index (χ4n) is 4.66. The van der Waals surface area contributed by atoms with Crippen molar-refractivity contribution in [3.8, 4) is 11.3 Å². The second kappa shape index (κ2) is 10.0. The van der Waals surface area contributed by atoms with Gasteiger partial charge in [-0.1, -0.05) is 35.9 Å². The largest absolute Gasteiger partial charge is 0.305 e. The number of halogens is 1. The molecule has 2 aliphatic rings. The van der Waals surface area contributed by atoms with Gasteiger partial charge in [0, 0.05) is 36.4 Å². The van der Waals surface area contributed by atoms with E-state index in [9.17, 15) is 9.59 Å². The molecule has 2 aliphatic heterocycles. The fourth-order valence-corrected chi connectivity index (χ4v) is 4.79. The topological polar surface area (TPSA) is 87.2 Å². The molecule has 174 valence electrons. The third-order valence-electron chi connectivity index (χ3n) is 6.41. The molecular formula is C26H26ClN5O2. The second-order valence-corrected chi connectivity index (χ2v) is 9.13. The number of benzene rings is 2. The van der Waals surface area contributed by atoms with E-state index in [1.807, 2.05) is 48.7 Å². The molecule has 3 aromatic rings. The predicted octanol–water partition coefficient (Wildman–Crippen LogP) is 3.65. The normalized spacial score (nSPS) is 18.1. The molecule has 7 nitrogen and oxygen atoms in total. The molecule has 1 saturated heterocycles. The molecule has 2 N–H and O–H groups in total. The number of fused-ring (bicyclic) bond motifs is 1. The maximum absolute atomic E-state index is 12.1. The summed E-state index contributed by atoms with van der Waals surface area (Å²) in [6, 6.07) is 15.2. The van der Waals surface area contributed by atoms with Gasteiger partial charge in [0.05, 0.1) is 22.9 Å². The van der Waals surface area contributed by atoms with Gasteiger partial charge in [0.2, 0.25) is 0 Å². The van der Waals surface area contributed by atoms with E-state index in [0.717, 1.165) is 68.1 Å². The Balaban J connectivity index is 1.16. The first-order chi connectivity index (χ1) is 16.6. The van der Waals surface area contributed by atoms with E-state index in [4.69, 9.17) is 16.6 Å². The van der Waals surface area contributed by atoms with Crippen LogP contribution in [0.15, 0.2) is 54.7 Å². The van der Waals surface area contributed by atoms with Crippen molar-refractivity contribution < 1.29 is 9.59 Å². The molecule has 3 heterocycles. The third-order valence-corrected chi connectivity index (χ3v) is 6.66. The van der Waals surface area contributed by atoms with Crippen molar-refractivity contribution >= 4 is 23.4 Å². The van der Waals surface area contributed by atoms with Crippen LogP contribution in [0.4, 0.5) is 0 Å². The number of amides is 2. The maximum Gasteiger partial charge on any atom is 0.259 e. The van der Waals surface area contributed by atoms with Crippen LogP contribution in [0.1, 0.15) is 51.0 Å². The summed E-state index contributed by atoms with van der Waals surface area (Å²) in [5.41, 5.74) is 3.90. The number of unbranched alkanes of at least 4 members (excludes halogenated alkanes) is 1. The van der Waals surface area contributed by atoms with Crippen LogP contribution >= 0.6 is 11.6 Å². The minimum Gasteiger partial charge on any atom is -0.305 e. The van der Waals surface area contributed by atoms with E-state index >= 15 is 0 Å². The van der Waals surface area contributed by atoms with Crippen molar-refractivity contribution in [1.29, 1.82) is 0 Å². The van der Waals surface area contributed by atoms with Crippen LogP contribution in [0.5, 0.6) is 0 Å². The number of hydrogen-bond acceptors (Lipinski definition) is 6. The van der Waals surface area contributed by atoms with E-state index < -0.39 is 0 Å². The van der Waals surface area contributed by atoms with Crippen molar-refractivity contribution in [3.05, 3.63) is 82.3 Å². The summed E-state index contributed by atoms with van der Waals surface area (Å²) in [7, 11) is 0. The standard InChI is InChI=1S/C26H26ClN5O2/c27-19-9-7-17(8-10-19)21-11-12-29-24(30-21)22-16-32(15-13-28-22)14-2-1-4-18-5-3-6-20-23(18)26(34)31-25(20)33/h3,5-12,22,28H,1-2,4,13-16H2,(H,31,33,34). The van der Waals surface area contributed by atoms with Crippen molar-refractivity contribution in [2.24, 2.45) is 0 Å². The van der Waals surface area contributed by atoms with E-state index in [1.54, 1.807) is 6.07 Å². The van der Waals surface area contributed by atoms with Crippen LogP contribution < -0.4 is 10.6 Å². The second-order valence-electron chi connectivity index (χ2n) is 8.69. The Morgan fingerprint density at radius 3 is 2.74 bits per heavy atom. The Morgan fingerprint density at radius 2 is 1.88 bits per heavy atom. The molecule has 5 rings (SSSR count). The van der Waals surface area contributed by atoms with Gasteiger partial charge in [-0.2, -0.15) is 0 Å². The van der Waals surface area contributed by atoms with Crippen LogP contribution in [0.25, 0.3) is 11.3 Å². The van der Waals surface area contributed by atoms with Crippen molar-refractivity contribution in [3.63, 3.8) is 0 Å². The molecule has 0 saturated carbocycles. The van der Waals surface area contributed by atoms with Crippen LogP contribution in [0.2, 0.25) is 5.02 Å². The van der Waals surface area contributed by atoms with Crippen molar-refractivity contribution in [1.82, 2.24) is 25.5 Å². The number of nitrogens with zero attached hydrogens (tertiary/aromatic N) is 3. The van der Waals surface area contributed by atoms with E-state index in [0.29, 0.717) is 16.1 Å². The number of imide groups is 1. The molecule has 1 atom stereocenters. The Labute approximate surface area is 203 Å². The zero-order valence-corrected chi connectivity index (χ0v) is 19.5. The first-order valence-electron chi connectivity index (χ1n) is 11.6. The molecular weight excluding hydrogens is 450 g/mol. The average Bonchev–Trinajstić information content (AvgIpc) is 3.16. The van der Waals surface area contributed by atoms with Crippen LogP contribution in [0, 0.1) is 0 Å². The molecule has 0 aliphatic carbocycles. The minimum atomic E-state index is -0.295. The number of carbonyl (C=O) groups excluding carboxylic acids is 2. The van der Waals surface area contributed by atoms with Crippen LogP contribution in [-0.4, -0.2) is 52.9 Å². The highest BCUT2D eigenvalue weighted by atomic mass is 35.5. The third kappa shape index (κ3) is 4.87. The molecule has 0 bridgehead atoms. The molecule has 0 spiro atoms. The fraction of sp³-hybridized carbons (Fsp3) is 0.308. The average molecular weight is 476 g/mol. The molecule has 34 heavy (non-hydrogen) atoms. The van der Waals surface area contributed by atoms with E-state index in [-0.39, 0.29) is 17.9 Å². The summed E-state index contributed by atoms with van der Waals surface area (Å²) in [6.07, 6.45) is 4.56. The number of aromatic nitrogens is 2. The molecule has 2 aromatic carbocycles. The highest BCUT2D eigenvalue weighted by molar-refractivity contribution is 6.30. The molecule has 1 fully saturated rings. The van der Waals surface area contributed by atoms with Crippen molar-refractivity contribution in [2.45, 2.75) is 25.3 Å². The SMILES string of the molecule is O=C1NC(=O)c2c(CCCCN3CCNC(c4nccc(-c5ccc(Cl)cc5)n4)C3)cccc21. The maximum atomic E-state index is 12.1. The van der Waals surface area contributed by atoms with Gasteiger partial charge in [-0.05, 0) is 55.6 Å². The lowest BCUT2D eigenvalue weighted by Crippen LogP contribution is -2.46. The number of nitrogens with one attached hydrogen (secondary N) is 2. The predicted molar refractivity (Wildman–Crippen MR) is 131 cm³/mol. The van der Waals surface area contributed by atoms with Crippen molar-refractivity contribution in [2.75, 3.05) is 26.2 Å². The molecule has 1 unspecified atom stereocenters. The minimum absolute atomic E-state index is 0.0769. The molecule has 2 amide bonds. The van der Waals surface area contributed by atoms with E-state index in [1.165, 1.54) is 0 Å². The lowest BCUT2D eigenvalue weighted by atomic mass is 9.98. The van der Waals surface area contributed by atoms with Crippen LogP contribution in [0.3, 0.4) is 0 Å². The Bertz CT molecular complexity index is 1210. The smallest absolute Gasteiger partial charge is 0.259 e. The first-order valence-corrected chi connectivity index (χ1v) is 12.0. The number of piperazine rings is 1. The van der Waals surface area contributed by atoms with Gasteiger partial charge < -0.3 is 10.2 Å². The summed E-state index contributed by atoms with van der Waals surface area (Å²) in [6.45, 7) is 3.68. The summed E-state index contributed by atoms with van der Waals surface area (Å²) in [5, 5.41) is 6.64. The quantitative estimate of drug-likeness (QED) is 0.400.